The first-order valence-electron chi connectivity index (χ1n) is 8.16. The fourth-order valence-corrected chi connectivity index (χ4v) is 4.54. The van der Waals surface area contributed by atoms with E-state index in [-0.39, 0.29) is 5.82 Å². The van der Waals surface area contributed by atoms with Crippen molar-refractivity contribution in [3.8, 4) is 0 Å². The third-order valence-electron chi connectivity index (χ3n) is 4.43. The molecule has 25 heavy (non-hydrogen) atoms. The van der Waals surface area contributed by atoms with Crippen LogP contribution in [0.2, 0.25) is 0 Å². The summed E-state index contributed by atoms with van der Waals surface area (Å²) in [6.45, 7) is 6.52. The number of halogens is 1. The highest BCUT2D eigenvalue weighted by Gasteiger charge is 2.17. The number of aromatic nitrogens is 3. The van der Waals surface area contributed by atoms with Crippen LogP contribution in [0, 0.1) is 26.6 Å². The van der Waals surface area contributed by atoms with Gasteiger partial charge in [-0.2, -0.15) is 5.10 Å². The summed E-state index contributed by atoms with van der Waals surface area (Å²) in [4.78, 5) is 5.72. The maximum atomic E-state index is 13.4. The molecule has 0 saturated carbocycles. The summed E-state index contributed by atoms with van der Waals surface area (Å²) in [6.07, 6.45) is 0. The molecule has 4 aromatic rings. The molecule has 0 radical (unpaired) electrons. The Morgan fingerprint density at radius 2 is 1.96 bits per heavy atom. The van der Waals surface area contributed by atoms with Gasteiger partial charge in [0, 0.05) is 24.7 Å². The monoisotopic (exact) mass is 354 g/mol. The second-order valence-electron chi connectivity index (χ2n) is 6.45. The van der Waals surface area contributed by atoms with E-state index in [4.69, 9.17) is 0 Å². The SMILES string of the molecule is Cc1cc(C)c2c(n1)sc1c(NCc3ccc(F)c(C)c3)nn(C)c12. The lowest BCUT2D eigenvalue weighted by atomic mass is 10.1. The van der Waals surface area contributed by atoms with Gasteiger partial charge in [-0.3, -0.25) is 4.68 Å². The van der Waals surface area contributed by atoms with E-state index in [1.807, 2.05) is 24.7 Å². The van der Waals surface area contributed by atoms with Crippen molar-refractivity contribution in [2.75, 3.05) is 5.32 Å². The first-order valence-corrected chi connectivity index (χ1v) is 8.98. The van der Waals surface area contributed by atoms with Crippen molar-refractivity contribution in [1.82, 2.24) is 14.8 Å². The van der Waals surface area contributed by atoms with Crippen LogP contribution in [-0.2, 0) is 13.6 Å². The normalized spacial score (nSPS) is 11.6. The molecule has 4 nitrogen and oxygen atoms in total. The Morgan fingerprint density at radius 3 is 2.72 bits per heavy atom. The summed E-state index contributed by atoms with van der Waals surface area (Å²) in [5.74, 6) is 0.671. The zero-order valence-corrected chi connectivity index (χ0v) is 15.5. The zero-order chi connectivity index (χ0) is 17.7. The van der Waals surface area contributed by atoms with Gasteiger partial charge in [-0.05, 0) is 49.6 Å². The fraction of sp³-hybridized carbons (Fsp3) is 0.263. The Hall–Kier alpha value is -2.47. The summed E-state index contributed by atoms with van der Waals surface area (Å²) >= 11 is 1.66. The molecule has 0 aliphatic carbocycles. The van der Waals surface area contributed by atoms with Gasteiger partial charge in [0.15, 0.2) is 5.82 Å². The van der Waals surface area contributed by atoms with Gasteiger partial charge in [-0.1, -0.05) is 12.1 Å². The maximum absolute atomic E-state index is 13.4. The number of fused-ring (bicyclic) bond motifs is 3. The highest BCUT2D eigenvalue weighted by atomic mass is 32.1. The molecular weight excluding hydrogens is 335 g/mol. The van der Waals surface area contributed by atoms with Crippen molar-refractivity contribution in [3.05, 3.63) is 52.5 Å². The van der Waals surface area contributed by atoms with Gasteiger partial charge in [0.25, 0.3) is 0 Å². The largest absolute Gasteiger partial charge is 0.363 e. The van der Waals surface area contributed by atoms with Crippen molar-refractivity contribution in [2.24, 2.45) is 7.05 Å². The average Bonchev–Trinajstić information content (AvgIpc) is 3.06. The second kappa shape index (κ2) is 5.81. The van der Waals surface area contributed by atoms with Gasteiger partial charge in [0.1, 0.15) is 10.6 Å². The molecule has 0 amide bonds. The van der Waals surface area contributed by atoms with Crippen molar-refractivity contribution in [1.29, 1.82) is 0 Å². The van der Waals surface area contributed by atoms with E-state index in [2.05, 4.69) is 28.4 Å². The van der Waals surface area contributed by atoms with E-state index >= 15 is 0 Å². The van der Waals surface area contributed by atoms with Crippen LogP contribution < -0.4 is 5.32 Å². The molecule has 0 saturated heterocycles. The van der Waals surface area contributed by atoms with Crippen molar-refractivity contribution in [3.63, 3.8) is 0 Å². The number of nitrogens with one attached hydrogen (secondary N) is 1. The number of benzene rings is 1. The predicted octanol–water partition coefficient (Wildman–Crippen LogP) is 4.86. The lowest BCUT2D eigenvalue weighted by Gasteiger charge is -2.05. The summed E-state index contributed by atoms with van der Waals surface area (Å²) in [5, 5.41) is 9.20. The third kappa shape index (κ3) is 2.66. The number of hydrogen-bond acceptors (Lipinski definition) is 4. The minimum atomic E-state index is -0.176. The van der Waals surface area contributed by atoms with Crippen LogP contribution in [-0.4, -0.2) is 14.8 Å². The first kappa shape index (κ1) is 16.0. The van der Waals surface area contributed by atoms with Crippen molar-refractivity contribution in [2.45, 2.75) is 27.3 Å². The minimum absolute atomic E-state index is 0.176. The lowest BCUT2D eigenvalue weighted by Crippen LogP contribution is -2.02. The Bertz CT molecular complexity index is 1110. The molecule has 128 valence electrons. The van der Waals surface area contributed by atoms with E-state index in [1.165, 1.54) is 17.0 Å². The first-order chi connectivity index (χ1) is 11.9. The molecule has 0 spiro atoms. The van der Waals surface area contributed by atoms with Crippen LogP contribution in [0.5, 0.6) is 0 Å². The number of rotatable bonds is 3. The zero-order valence-electron chi connectivity index (χ0n) is 14.6. The predicted molar refractivity (Wildman–Crippen MR) is 102 cm³/mol. The van der Waals surface area contributed by atoms with Gasteiger partial charge in [-0.15, -0.1) is 11.3 Å². The van der Waals surface area contributed by atoms with Crippen LogP contribution in [0.4, 0.5) is 10.2 Å². The summed E-state index contributed by atoms with van der Waals surface area (Å²) < 4.78 is 16.4. The second-order valence-corrected chi connectivity index (χ2v) is 7.45. The number of aryl methyl sites for hydroxylation is 4. The van der Waals surface area contributed by atoms with Crippen LogP contribution in [0.1, 0.15) is 22.4 Å². The molecule has 1 N–H and O–H groups in total. The van der Waals surface area contributed by atoms with Gasteiger partial charge in [0.05, 0.1) is 10.2 Å². The topological polar surface area (TPSA) is 42.7 Å². The van der Waals surface area contributed by atoms with Crippen molar-refractivity contribution < 1.29 is 4.39 Å². The van der Waals surface area contributed by atoms with E-state index in [0.717, 1.165) is 32.1 Å². The molecule has 1 aromatic carbocycles. The molecule has 0 fully saturated rings. The molecule has 0 unspecified atom stereocenters. The maximum Gasteiger partial charge on any atom is 0.166 e. The highest BCUT2D eigenvalue weighted by Crippen LogP contribution is 2.38. The number of hydrogen-bond donors (Lipinski definition) is 1. The summed E-state index contributed by atoms with van der Waals surface area (Å²) in [6, 6.07) is 7.28. The molecule has 4 rings (SSSR count). The molecule has 3 heterocycles. The Morgan fingerprint density at radius 1 is 1.16 bits per heavy atom. The number of thiophene rings is 1. The smallest absolute Gasteiger partial charge is 0.166 e. The molecule has 3 aromatic heterocycles. The van der Waals surface area contributed by atoms with Crippen LogP contribution >= 0.6 is 11.3 Å². The molecule has 0 aliphatic heterocycles. The van der Waals surface area contributed by atoms with E-state index in [0.29, 0.717) is 12.1 Å². The fourth-order valence-electron chi connectivity index (χ4n) is 3.26. The Labute approximate surface area is 149 Å². The van der Waals surface area contributed by atoms with Crippen LogP contribution in [0.3, 0.4) is 0 Å². The average molecular weight is 354 g/mol. The van der Waals surface area contributed by atoms with Crippen LogP contribution in [0.15, 0.2) is 24.3 Å². The Kier molecular flexibility index (Phi) is 3.72. The minimum Gasteiger partial charge on any atom is -0.363 e. The van der Waals surface area contributed by atoms with Crippen molar-refractivity contribution >= 4 is 37.6 Å². The van der Waals surface area contributed by atoms with Gasteiger partial charge < -0.3 is 5.32 Å². The van der Waals surface area contributed by atoms with E-state index in [9.17, 15) is 4.39 Å². The van der Waals surface area contributed by atoms with E-state index < -0.39 is 0 Å². The third-order valence-corrected chi connectivity index (χ3v) is 5.51. The molecular formula is C19H19FN4S. The number of pyridine rings is 1. The van der Waals surface area contributed by atoms with Gasteiger partial charge >= 0.3 is 0 Å². The van der Waals surface area contributed by atoms with Crippen LogP contribution in [0.25, 0.3) is 20.4 Å². The molecule has 0 atom stereocenters. The lowest BCUT2D eigenvalue weighted by molar-refractivity contribution is 0.617. The summed E-state index contributed by atoms with van der Waals surface area (Å²) in [5.41, 5.74) is 5.05. The summed E-state index contributed by atoms with van der Waals surface area (Å²) in [7, 11) is 1.96. The Balaban J connectivity index is 1.75. The quantitative estimate of drug-likeness (QED) is 0.571. The highest BCUT2D eigenvalue weighted by molar-refractivity contribution is 7.26. The molecule has 6 heteroatoms. The van der Waals surface area contributed by atoms with E-state index in [1.54, 1.807) is 24.3 Å². The number of nitrogens with zero attached hydrogens (tertiary/aromatic N) is 3. The number of anilines is 1. The van der Waals surface area contributed by atoms with Gasteiger partial charge in [-0.25, -0.2) is 9.37 Å². The molecule has 0 bridgehead atoms. The standard InChI is InChI=1S/C19H19FN4S/c1-10-8-13(5-6-14(10)20)9-21-18-17-16(24(4)23-18)15-11(2)7-12(3)22-19(15)25-17/h5-8H,9H2,1-4H3,(H,21,23). The molecule has 0 aliphatic rings. The van der Waals surface area contributed by atoms with Gasteiger partial charge in [0.2, 0.25) is 0 Å².